The van der Waals surface area contributed by atoms with Gasteiger partial charge < -0.3 is 0 Å². The predicted molar refractivity (Wildman–Crippen MR) is 55.9 cm³/mol. The molecule has 0 N–H and O–H groups in total. The van der Waals surface area contributed by atoms with E-state index >= 15 is 0 Å². The lowest BCUT2D eigenvalue weighted by Crippen LogP contribution is -1.74. The number of allylic oxidation sites excluding steroid dienone is 2. The normalized spacial score (nSPS) is 11.5. The van der Waals surface area contributed by atoms with Crippen LogP contribution in [0.1, 0.15) is 25.0 Å². The summed E-state index contributed by atoms with van der Waals surface area (Å²) in [5.41, 5.74) is 2.52. The van der Waals surface area contributed by atoms with E-state index < -0.39 is 0 Å². The van der Waals surface area contributed by atoms with E-state index in [1.165, 1.54) is 11.1 Å². The Morgan fingerprint density at radius 2 is 1.42 bits per heavy atom. The molecule has 12 heavy (non-hydrogen) atoms. The summed E-state index contributed by atoms with van der Waals surface area (Å²) in [4.78, 5) is 0. The van der Waals surface area contributed by atoms with Crippen LogP contribution in [-0.4, -0.2) is 0 Å². The van der Waals surface area contributed by atoms with E-state index in [1.54, 1.807) is 0 Å². The third-order valence-electron chi connectivity index (χ3n) is 1.63. The molecule has 0 spiro atoms. The zero-order chi connectivity index (χ0) is 8.81. The molecule has 0 heteroatoms. The number of hydrogen-bond acceptors (Lipinski definition) is 0. The maximum Gasteiger partial charge on any atom is -0.0254 e. The van der Waals surface area contributed by atoms with Gasteiger partial charge in [0.15, 0.2) is 0 Å². The summed E-state index contributed by atoms with van der Waals surface area (Å²) in [6.45, 7) is 4.06. The van der Waals surface area contributed by atoms with Gasteiger partial charge in [-0.3, -0.25) is 0 Å². The third-order valence-corrected chi connectivity index (χ3v) is 1.63. The number of rotatable bonds is 2. The van der Waals surface area contributed by atoms with Gasteiger partial charge in [0, 0.05) is 0 Å². The van der Waals surface area contributed by atoms with Gasteiger partial charge in [0.1, 0.15) is 0 Å². The van der Waals surface area contributed by atoms with Crippen LogP contribution in [0.5, 0.6) is 0 Å². The standard InChI is InChI=1S/C12H14/c1-3-6-11-8-5-9-12(10-11)7-4-2/h3-10H,1-2H3. The third kappa shape index (κ3) is 2.39. The monoisotopic (exact) mass is 158 g/mol. The minimum Gasteiger partial charge on any atom is -0.0871 e. The maximum absolute atomic E-state index is 2.17. The molecule has 0 nitrogen and oxygen atoms in total. The van der Waals surface area contributed by atoms with E-state index in [2.05, 4.69) is 48.6 Å². The number of benzene rings is 1. The molecule has 0 amide bonds. The highest BCUT2D eigenvalue weighted by Gasteiger charge is 1.87. The first-order chi connectivity index (χ1) is 5.86. The highest BCUT2D eigenvalue weighted by atomic mass is 13.9. The highest BCUT2D eigenvalue weighted by molar-refractivity contribution is 5.57. The summed E-state index contributed by atoms with van der Waals surface area (Å²) in [5, 5.41) is 0. The van der Waals surface area contributed by atoms with Crippen LogP contribution >= 0.6 is 0 Å². The fourth-order valence-corrected chi connectivity index (χ4v) is 1.15. The topological polar surface area (TPSA) is 0 Å². The van der Waals surface area contributed by atoms with Crippen molar-refractivity contribution in [2.75, 3.05) is 0 Å². The van der Waals surface area contributed by atoms with Crippen molar-refractivity contribution in [3.8, 4) is 0 Å². The predicted octanol–water partition coefficient (Wildman–Crippen LogP) is 3.75. The number of hydrogen-bond donors (Lipinski definition) is 0. The van der Waals surface area contributed by atoms with Gasteiger partial charge in [0.25, 0.3) is 0 Å². The molecular weight excluding hydrogens is 144 g/mol. The molecule has 0 unspecified atom stereocenters. The Morgan fingerprint density at radius 3 is 1.83 bits per heavy atom. The molecule has 0 aromatic heterocycles. The molecule has 1 rings (SSSR count). The van der Waals surface area contributed by atoms with Crippen molar-refractivity contribution in [1.29, 1.82) is 0 Å². The fraction of sp³-hybridized carbons (Fsp3) is 0.167. The fourth-order valence-electron chi connectivity index (χ4n) is 1.15. The zero-order valence-electron chi connectivity index (χ0n) is 7.62. The average molecular weight is 158 g/mol. The molecule has 0 radical (unpaired) electrons. The summed E-state index contributed by atoms with van der Waals surface area (Å²) in [6, 6.07) is 8.45. The van der Waals surface area contributed by atoms with Crippen LogP contribution in [0.2, 0.25) is 0 Å². The Labute approximate surface area is 74.2 Å². The first-order valence-corrected chi connectivity index (χ1v) is 4.22. The van der Waals surface area contributed by atoms with E-state index in [0.717, 1.165) is 0 Å². The van der Waals surface area contributed by atoms with Crippen LogP contribution in [0.3, 0.4) is 0 Å². The second-order valence-electron chi connectivity index (χ2n) is 2.67. The van der Waals surface area contributed by atoms with E-state index in [4.69, 9.17) is 0 Å². The van der Waals surface area contributed by atoms with Gasteiger partial charge in [-0.1, -0.05) is 42.5 Å². The molecule has 0 aliphatic heterocycles. The van der Waals surface area contributed by atoms with Gasteiger partial charge in [0.2, 0.25) is 0 Å². The molecule has 1 aromatic rings. The molecular formula is C12H14. The van der Waals surface area contributed by atoms with Crippen LogP contribution in [0.25, 0.3) is 12.2 Å². The summed E-state index contributed by atoms with van der Waals surface area (Å²) in [5.74, 6) is 0. The largest absolute Gasteiger partial charge is 0.0871 e. The van der Waals surface area contributed by atoms with Crippen LogP contribution in [0.15, 0.2) is 36.4 Å². The van der Waals surface area contributed by atoms with Gasteiger partial charge in [-0.15, -0.1) is 0 Å². The lowest BCUT2D eigenvalue weighted by atomic mass is 10.1. The Hall–Kier alpha value is -1.30. The molecule has 0 saturated heterocycles. The van der Waals surface area contributed by atoms with Crippen LogP contribution in [0, 0.1) is 0 Å². The quantitative estimate of drug-likeness (QED) is 0.615. The van der Waals surface area contributed by atoms with E-state index in [0.29, 0.717) is 0 Å². The van der Waals surface area contributed by atoms with Crippen molar-refractivity contribution in [2.45, 2.75) is 13.8 Å². The van der Waals surface area contributed by atoms with E-state index in [9.17, 15) is 0 Å². The van der Waals surface area contributed by atoms with Gasteiger partial charge in [-0.05, 0) is 31.0 Å². The average Bonchev–Trinajstić information content (AvgIpc) is 2.06. The Kier molecular flexibility index (Phi) is 3.34. The molecule has 0 bridgehead atoms. The molecule has 0 fully saturated rings. The first-order valence-electron chi connectivity index (χ1n) is 4.22. The van der Waals surface area contributed by atoms with Crippen molar-refractivity contribution in [3.05, 3.63) is 47.5 Å². The first kappa shape index (κ1) is 8.79. The van der Waals surface area contributed by atoms with Crippen LogP contribution in [-0.2, 0) is 0 Å². The summed E-state index contributed by atoms with van der Waals surface area (Å²) in [6.07, 6.45) is 8.31. The molecule has 0 saturated carbocycles. The second-order valence-corrected chi connectivity index (χ2v) is 2.67. The lowest BCUT2D eigenvalue weighted by molar-refractivity contribution is 1.60. The van der Waals surface area contributed by atoms with E-state index in [1.807, 2.05) is 13.8 Å². The lowest BCUT2D eigenvalue weighted by Gasteiger charge is -1.95. The Balaban J connectivity index is 2.95. The van der Waals surface area contributed by atoms with Crippen molar-refractivity contribution >= 4 is 12.2 Å². The van der Waals surface area contributed by atoms with Crippen LogP contribution in [0.4, 0.5) is 0 Å². The van der Waals surface area contributed by atoms with Crippen molar-refractivity contribution in [1.82, 2.24) is 0 Å². The minimum atomic E-state index is 1.26. The smallest absolute Gasteiger partial charge is 0.0254 e. The van der Waals surface area contributed by atoms with Crippen molar-refractivity contribution in [3.63, 3.8) is 0 Å². The molecule has 0 atom stereocenters. The minimum absolute atomic E-state index is 1.26. The maximum atomic E-state index is 2.17. The summed E-state index contributed by atoms with van der Waals surface area (Å²) >= 11 is 0. The zero-order valence-corrected chi connectivity index (χ0v) is 7.62. The van der Waals surface area contributed by atoms with Gasteiger partial charge in [-0.2, -0.15) is 0 Å². The molecule has 62 valence electrons. The van der Waals surface area contributed by atoms with Gasteiger partial charge in [-0.25, -0.2) is 0 Å². The van der Waals surface area contributed by atoms with Gasteiger partial charge in [0.05, 0.1) is 0 Å². The van der Waals surface area contributed by atoms with Gasteiger partial charge >= 0.3 is 0 Å². The van der Waals surface area contributed by atoms with Crippen LogP contribution < -0.4 is 0 Å². The second kappa shape index (κ2) is 4.55. The molecule has 1 aromatic carbocycles. The highest BCUT2D eigenvalue weighted by Crippen LogP contribution is 2.08. The molecule has 0 heterocycles. The summed E-state index contributed by atoms with van der Waals surface area (Å²) in [7, 11) is 0. The van der Waals surface area contributed by atoms with Crippen molar-refractivity contribution in [2.24, 2.45) is 0 Å². The summed E-state index contributed by atoms with van der Waals surface area (Å²) < 4.78 is 0. The molecule has 0 aliphatic rings. The van der Waals surface area contributed by atoms with Crippen molar-refractivity contribution < 1.29 is 0 Å². The molecule has 0 aliphatic carbocycles. The Morgan fingerprint density at radius 1 is 0.917 bits per heavy atom. The Bertz CT molecular complexity index is 265. The van der Waals surface area contributed by atoms with E-state index in [-0.39, 0.29) is 0 Å². The SMILES string of the molecule is CC=Cc1cccc(C=CC)c1.